The lowest BCUT2D eigenvalue weighted by atomic mass is 9.80. The largest absolute Gasteiger partial charge is 0.456 e. The number of furan rings is 1. The van der Waals surface area contributed by atoms with Crippen LogP contribution in [0.4, 0.5) is 0 Å². The fourth-order valence-electron chi connectivity index (χ4n) is 7.81. The minimum Gasteiger partial charge on any atom is -0.456 e. The van der Waals surface area contributed by atoms with Crippen LogP contribution in [0, 0.1) is 0 Å². The molecule has 0 unspecified atom stereocenters. The second-order valence-corrected chi connectivity index (χ2v) is 13.1. The highest BCUT2D eigenvalue weighted by molar-refractivity contribution is 7.26. The Morgan fingerprint density at radius 2 is 1.36 bits per heavy atom. The molecule has 10 rings (SSSR count). The molecule has 0 saturated heterocycles. The molecule has 9 aromatic rings. The van der Waals surface area contributed by atoms with Crippen LogP contribution >= 0.6 is 11.3 Å². The minimum atomic E-state index is -0.111. The molecule has 198 valence electrons. The third-order valence-corrected chi connectivity index (χ3v) is 10.7. The molecule has 6 aromatic carbocycles. The van der Waals surface area contributed by atoms with Crippen LogP contribution in [-0.4, -0.2) is 4.57 Å². The van der Waals surface area contributed by atoms with Gasteiger partial charge in [0.05, 0.1) is 15.7 Å². The summed E-state index contributed by atoms with van der Waals surface area (Å²) >= 11 is 1.93. The van der Waals surface area contributed by atoms with Gasteiger partial charge < -0.3 is 8.98 Å². The highest BCUT2D eigenvalue weighted by Crippen LogP contribution is 2.58. The van der Waals surface area contributed by atoms with E-state index in [1.54, 1.807) is 0 Å². The van der Waals surface area contributed by atoms with Crippen LogP contribution in [0.25, 0.3) is 80.7 Å². The maximum Gasteiger partial charge on any atom is 0.135 e. The zero-order chi connectivity index (χ0) is 27.7. The van der Waals surface area contributed by atoms with Gasteiger partial charge in [0.25, 0.3) is 0 Å². The van der Waals surface area contributed by atoms with Crippen molar-refractivity contribution >= 4 is 75.3 Å². The molecule has 0 atom stereocenters. The molecule has 0 aliphatic heterocycles. The number of para-hydroxylation sites is 2. The standard InChI is InChI=1S/C39H25NOS/c1-39(2)28-15-7-3-12-24(28)33-34-25-13-4-8-16-29(25)40(22-19-20-31-27(21-22)23-11-5-9-17-30(23)41-31)37(34)38-35(36(33)39)26-14-6-10-18-32(26)42-38/h3-21H,1-2H3. The molecular weight excluding hydrogens is 531 g/mol. The van der Waals surface area contributed by atoms with Gasteiger partial charge in [-0.1, -0.05) is 92.7 Å². The zero-order valence-electron chi connectivity index (χ0n) is 23.2. The quantitative estimate of drug-likeness (QED) is 0.197. The summed E-state index contributed by atoms with van der Waals surface area (Å²) < 4.78 is 11.4. The number of hydrogen-bond acceptors (Lipinski definition) is 2. The number of nitrogens with zero attached hydrogens (tertiary/aromatic N) is 1. The summed E-state index contributed by atoms with van der Waals surface area (Å²) in [6.45, 7) is 4.82. The van der Waals surface area contributed by atoms with Gasteiger partial charge >= 0.3 is 0 Å². The maximum atomic E-state index is 6.23. The van der Waals surface area contributed by atoms with Crippen LogP contribution in [-0.2, 0) is 5.41 Å². The minimum absolute atomic E-state index is 0.111. The van der Waals surface area contributed by atoms with Crippen molar-refractivity contribution in [1.82, 2.24) is 4.57 Å². The molecule has 2 nitrogen and oxygen atoms in total. The van der Waals surface area contributed by atoms with Crippen LogP contribution < -0.4 is 0 Å². The van der Waals surface area contributed by atoms with E-state index >= 15 is 0 Å². The van der Waals surface area contributed by atoms with E-state index in [0.717, 1.165) is 27.6 Å². The summed E-state index contributed by atoms with van der Waals surface area (Å²) in [5.41, 5.74) is 11.0. The molecule has 0 spiro atoms. The Morgan fingerprint density at radius 1 is 0.643 bits per heavy atom. The highest BCUT2D eigenvalue weighted by atomic mass is 32.1. The summed E-state index contributed by atoms with van der Waals surface area (Å²) in [5, 5.41) is 7.71. The number of aromatic nitrogens is 1. The van der Waals surface area contributed by atoms with Crippen molar-refractivity contribution in [3.05, 3.63) is 126 Å². The van der Waals surface area contributed by atoms with E-state index in [9.17, 15) is 0 Å². The Bertz CT molecular complexity index is 2610. The molecule has 0 radical (unpaired) electrons. The number of benzene rings is 6. The van der Waals surface area contributed by atoms with E-state index in [1.807, 2.05) is 17.4 Å². The lowest BCUT2D eigenvalue weighted by Gasteiger charge is -2.23. The fraction of sp³-hybridized carbons (Fsp3) is 0.0769. The first-order chi connectivity index (χ1) is 20.6. The molecule has 0 fully saturated rings. The van der Waals surface area contributed by atoms with Gasteiger partial charge in [-0.3, -0.25) is 0 Å². The third-order valence-electron chi connectivity index (χ3n) is 9.55. The molecule has 0 amide bonds. The molecule has 42 heavy (non-hydrogen) atoms. The molecule has 3 aromatic heterocycles. The Balaban J connectivity index is 1.48. The van der Waals surface area contributed by atoms with Crippen LogP contribution in [0.15, 0.2) is 120 Å². The van der Waals surface area contributed by atoms with E-state index in [2.05, 4.69) is 128 Å². The van der Waals surface area contributed by atoms with E-state index in [-0.39, 0.29) is 5.41 Å². The fourth-order valence-corrected chi connectivity index (χ4v) is 9.07. The van der Waals surface area contributed by atoms with Crippen molar-refractivity contribution in [1.29, 1.82) is 0 Å². The van der Waals surface area contributed by atoms with Gasteiger partial charge in [0.15, 0.2) is 0 Å². The first kappa shape index (κ1) is 22.8. The normalized spacial score (nSPS) is 14.1. The summed E-state index contributed by atoms with van der Waals surface area (Å²) in [4.78, 5) is 0. The molecule has 0 bridgehead atoms. The lowest BCUT2D eigenvalue weighted by molar-refractivity contribution is 0.667. The Kier molecular flexibility index (Phi) is 4.18. The second-order valence-electron chi connectivity index (χ2n) is 12.1. The van der Waals surface area contributed by atoms with Gasteiger partial charge in [0.1, 0.15) is 11.2 Å². The molecule has 0 N–H and O–H groups in total. The van der Waals surface area contributed by atoms with Crippen molar-refractivity contribution in [3.8, 4) is 16.8 Å². The maximum absolute atomic E-state index is 6.23. The van der Waals surface area contributed by atoms with Crippen molar-refractivity contribution in [2.75, 3.05) is 0 Å². The second kappa shape index (κ2) is 7.70. The van der Waals surface area contributed by atoms with E-state index in [4.69, 9.17) is 4.42 Å². The summed E-state index contributed by atoms with van der Waals surface area (Å²) in [6, 6.07) is 42.0. The Labute approximate surface area is 246 Å². The predicted molar refractivity (Wildman–Crippen MR) is 179 cm³/mol. The van der Waals surface area contributed by atoms with Gasteiger partial charge in [0, 0.05) is 48.1 Å². The molecule has 3 heteroatoms. The number of hydrogen-bond donors (Lipinski definition) is 0. The van der Waals surface area contributed by atoms with Gasteiger partial charge in [-0.05, 0) is 58.7 Å². The molecular formula is C39H25NOS. The summed E-state index contributed by atoms with van der Waals surface area (Å²) in [7, 11) is 0. The van der Waals surface area contributed by atoms with Crippen LogP contribution in [0.2, 0.25) is 0 Å². The van der Waals surface area contributed by atoms with Crippen LogP contribution in [0.5, 0.6) is 0 Å². The lowest BCUT2D eigenvalue weighted by Crippen LogP contribution is -2.15. The van der Waals surface area contributed by atoms with Crippen LogP contribution in [0.3, 0.4) is 0 Å². The monoisotopic (exact) mass is 555 g/mol. The topological polar surface area (TPSA) is 18.1 Å². The van der Waals surface area contributed by atoms with E-state index in [0.29, 0.717) is 0 Å². The Morgan fingerprint density at radius 3 is 2.26 bits per heavy atom. The van der Waals surface area contributed by atoms with Gasteiger partial charge in [-0.15, -0.1) is 11.3 Å². The zero-order valence-corrected chi connectivity index (χ0v) is 24.0. The van der Waals surface area contributed by atoms with E-state index in [1.165, 1.54) is 64.2 Å². The summed E-state index contributed by atoms with van der Waals surface area (Å²) in [5.74, 6) is 0. The molecule has 1 aliphatic carbocycles. The summed E-state index contributed by atoms with van der Waals surface area (Å²) in [6.07, 6.45) is 0. The van der Waals surface area contributed by atoms with Crippen molar-refractivity contribution in [3.63, 3.8) is 0 Å². The van der Waals surface area contributed by atoms with Gasteiger partial charge in [0.2, 0.25) is 0 Å². The van der Waals surface area contributed by atoms with Gasteiger partial charge in [-0.25, -0.2) is 0 Å². The SMILES string of the molecule is CC1(C)c2ccccc2-c2c1c1c3ccccc3sc1c1c2c2ccccc2n1-c1ccc2oc3ccccc3c2c1. The molecule has 3 heterocycles. The highest BCUT2D eigenvalue weighted by Gasteiger charge is 2.40. The average molecular weight is 556 g/mol. The van der Waals surface area contributed by atoms with Gasteiger partial charge in [-0.2, -0.15) is 0 Å². The van der Waals surface area contributed by atoms with Crippen LogP contribution in [0.1, 0.15) is 25.0 Å². The smallest absolute Gasteiger partial charge is 0.135 e. The first-order valence-electron chi connectivity index (χ1n) is 14.5. The van der Waals surface area contributed by atoms with Crippen molar-refractivity contribution in [2.45, 2.75) is 19.3 Å². The molecule has 0 saturated carbocycles. The predicted octanol–water partition coefficient (Wildman–Crippen LogP) is 11.4. The Hall–Kier alpha value is -4.86. The van der Waals surface area contributed by atoms with E-state index < -0.39 is 0 Å². The third kappa shape index (κ3) is 2.66. The first-order valence-corrected chi connectivity index (χ1v) is 15.4. The number of rotatable bonds is 1. The van der Waals surface area contributed by atoms with Crippen molar-refractivity contribution in [2.24, 2.45) is 0 Å². The average Bonchev–Trinajstić information content (AvgIpc) is 3.74. The van der Waals surface area contributed by atoms with Crippen molar-refractivity contribution < 1.29 is 4.42 Å². The number of fused-ring (bicyclic) bond motifs is 15. The number of thiophene rings is 1. The molecule has 1 aliphatic rings.